The van der Waals surface area contributed by atoms with Crippen LogP contribution in [0.1, 0.15) is 12.8 Å². The standard InChI is InChI=1S/C14H30B2N2O4/c1-17-10-5-14(16)22-12(10)8-20-18(2)6-9-4-13(15)21-11(9)7-19-3/h9-14,17H,4-8,15-16H2,1-3H3/t9?,10?,11-,12-,13-,14-/m1/s1. The summed E-state index contributed by atoms with van der Waals surface area (Å²) in [6.07, 6.45) is 2.38. The van der Waals surface area contributed by atoms with Crippen LogP contribution in [0.3, 0.4) is 0 Å². The second kappa shape index (κ2) is 8.66. The van der Waals surface area contributed by atoms with Crippen LogP contribution in [0.5, 0.6) is 0 Å². The quantitative estimate of drug-likeness (QED) is 0.421. The van der Waals surface area contributed by atoms with Crippen molar-refractivity contribution in [2.24, 2.45) is 5.92 Å². The molecule has 22 heavy (non-hydrogen) atoms. The minimum absolute atomic E-state index is 0.121. The predicted octanol–water partition coefficient (Wildman–Crippen LogP) is -1.80. The van der Waals surface area contributed by atoms with Crippen molar-refractivity contribution < 1.29 is 19.0 Å². The van der Waals surface area contributed by atoms with Crippen LogP contribution in [0.15, 0.2) is 0 Å². The van der Waals surface area contributed by atoms with Gasteiger partial charge in [0.05, 0.1) is 25.4 Å². The fourth-order valence-electron chi connectivity index (χ4n) is 3.58. The molecule has 0 bridgehead atoms. The summed E-state index contributed by atoms with van der Waals surface area (Å²) in [6.45, 7) is 2.09. The van der Waals surface area contributed by atoms with Crippen molar-refractivity contribution >= 4 is 15.7 Å². The minimum atomic E-state index is 0.121. The van der Waals surface area contributed by atoms with E-state index in [1.807, 2.05) is 19.2 Å². The van der Waals surface area contributed by atoms with Crippen molar-refractivity contribution in [3.05, 3.63) is 0 Å². The van der Waals surface area contributed by atoms with Gasteiger partial charge in [0.1, 0.15) is 15.7 Å². The van der Waals surface area contributed by atoms with E-state index >= 15 is 0 Å². The summed E-state index contributed by atoms with van der Waals surface area (Å²) in [5, 5.41) is 5.24. The Hall–Kier alpha value is -0.110. The van der Waals surface area contributed by atoms with Crippen molar-refractivity contribution in [1.29, 1.82) is 0 Å². The Kier molecular flexibility index (Phi) is 7.18. The lowest BCUT2D eigenvalue weighted by Crippen LogP contribution is -2.40. The molecule has 0 aromatic carbocycles. The summed E-state index contributed by atoms with van der Waals surface area (Å²) >= 11 is 0. The van der Waals surface area contributed by atoms with Gasteiger partial charge in [-0.05, 0) is 19.9 Å². The van der Waals surface area contributed by atoms with Crippen molar-refractivity contribution in [2.75, 3.05) is 41.0 Å². The van der Waals surface area contributed by atoms with Crippen LogP contribution in [-0.4, -0.2) is 92.0 Å². The summed E-state index contributed by atoms with van der Waals surface area (Å²) in [4.78, 5) is 5.90. The van der Waals surface area contributed by atoms with Gasteiger partial charge in [-0.3, -0.25) is 4.84 Å². The van der Waals surface area contributed by atoms with E-state index in [2.05, 4.69) is 21.0 Å². The number of ether oxygens (including phenoxy) is 3. The van der Waals surface area contributed by atoms with E-state index < -0.39 is 0 Å². The lowest BCUT2D eigenvalue weighted by Gasteiger charge is -2.26. The first kappa shape index (κ1) is 18.2. The van der Waals surface area contributed by atoms with E-state index in [9.17, 15) is 0 Å². The van der Waals surface area contributed by atoms with Gasteiger partial charge in [-0.2, -0.15) is 5.06 Å². The average molecular weight is 312 g/mol. The summed E-state index contributed by atoms with van der Waals surface area (Å²) in [5.74, 6) is 0.448. The highest BCUT2D eigenvalue weighted by atomic mass is 16.7. The van der Waals surface area contributed by atoms with Gasteiger partial charge < -0.3 is 19.5 Å². The second-order valence-electron chi connectivity index (χ2n) is 6.66. The Balaban J connectivity index is 1.74. The molecule has 0 radical (unpaired) electrons. The van der Waals surface area contributed by atoms with Crippen molar-refractivity contribution in [3.8, 4) is 0 Å². The van der Waals surface area contributed by atoms with Gasteiger partial charge in [0.15, 0.2) is 0 Å². The number of hydrogen-bond acceptors (Lipinski definition) is 6. The molecule has 6 atom stereocenters. The highest BCUT2D eigenvalue weighted by molar-refractivity contribution is 6.11. The third-order valence-electron chi connectivity index (χ3n) is 4.66. The molecule has 2 aliphatic heterocycles. The molecule has 0 amide bonds. The van der Waals surface area contributed by atoms with Crippen LogP contribution >= 0.6 is 0 Å². The molecule has 0 spiro atoms. The van der Waals surface area contributed by atoms with E-state index in [-0.39, 0.29) is 12.2 Å². The molecule has 2 rings (SSSR count). The highest BCUT2D eigenvalue weighted by Gasteiger charge is 2.35. The van der Waals surface area contributed by atoms with Crippen LogP contribution < -0.4 is 5.32 Å². The van der Waals surface area contributed by atoms with Crippen molar-refractivity contribution in [2.45, 2.75) is 43.1 Å². The Morgan fingerprint density at radius 1 is 1.14 bits per heavy atom. The molecule has 0 aromatic rings. The molecule has 2 unspecified atom stereocenters. The number of methoxy groups -OCH3 is 1. The smallest absolute Gasteiger partial charge is 0.139 e. The van der Waals surface area contributed by atoms with E-state index in [0.29, 0.717) is 37.2 Å². The molecule has 2 aliphatic rings. The molecule has 2 saturated heterocycles. The van der Waals surface area contributed by atoms with E-state index in [4.69, 9.17) is 19.0 Å². The fourth-order valence-corrected chi connectivity index (χ4v) is 3.58. The van der Waals surface area contributed by atoms with Gasteiger partial charge in [0.2, 0.25) is 0 Å². The van der Waals surface area contributed by atoms with Gasteiger partial charge in [0.25, 0.3) is 0 Å². The first-order valence-corrected chi connectivity index (χ1v) is 8.34. The third kappa shape index (κ3) is 4.94. The van der Waals surface area contributed by atoms with Gasteiger partial charge in [-0.15, -0.1) is 0 Å². The first-order chi connectivity index (χ1) is 10.5. The number of rotatable bonds is 8. The van der Waals surface area contributed by atoms with Crippen LogP contribution in [0, 0.1) is 5.92 Å². The largest absolute Gasteiger partial charge is 0.382 e. The summed E-state index contributed by atoms with van der Waals surface area (Å²) in [6, 6.07) is 0.970. The first-order valence-electron chi connectivity index (χ1n) is 8.34. The maximum absolute atomic E-state index is 5.90. The maximum Gasteiger partial charge on any atom is 0.139 e. The zero-order chi connectivity index (χ0) is 16.1. The van der Waals surface area contributed by atoms with Gasteiger partial charge in [-0.1, -0.05) is 0 Å². The van der Waals surface area contributed by atoms with Crippen LogP contribution in [0.4, 0.5) is 0 Å². The van der Waals surface area contributed by atoms with Gasteiger partial charge in [-0.25, -0.2) is 0 Å². The van der Waals surface area contributed by atoms with Crippen molar-refractivity contribution in [1.82, 2.24) is 10.4 Å². The van der Waals surface area contributed by atoms with E-state index in [1.165, 1.54) is 0 Å². The monoisotopic (exact) mass is 312 g/mol. The van der Waals surface area contributed by atoms with Crippen LogP contribution in [-0.2, 0) is 19.0 Å². The predicted molar refractivity (Wildman–Crippen MR) is 90.4 cm³/mol. The Labute approximate surface area is 135 Å². The minimum Gasteiger partial charge on any atom is -0.382 e. The summed E-state index contributed by atoms with van der Waals surface area (Å²) in [5.41, 5.74) is 0. The number of nitrogens with one attached hydrogen (secondary N) is 1. The zero-order valence-electron chi connectivity index (χ0n) is 14.6. The Morgan fingerprint density at radius 2 is 1.82 bits per heavy atom. The summed E-state index contributed by atoms with van der Waals surface area (Å²) in [7, 11) is 9.92. The van der Waals surface area contributed by atoms with Crippen LogP contribution in [0.2, 0.25) is 0 Å². The molecular weight excluding hydrogens is 282 g/mol. The normalized spacial score (nSPS) is 38.9. The number of likely N-dealkylation sites (N-methyl/N-ethyl adjacent to an activating group) is 1. The van der Waals surface area contributed by atoms with Gasteiger partial charge >= 0.3 is 0 Å². The molecule has 0 aromatic heterocycles. The molecule has 0 saturated carbocycles. The number of hydroxylamine groups is 2. The SMILES string of the molecule is B[C@H]1CC(CN(C)OC[C@H]2O[C@@H](B)CC2NC)[C@@H](COC)O1. The van der Waals surface area contributed by atoms with Gasteiger partial charge in [0, 0.05) is 44.7 Å². The number of nitrogens with zero attached hydrogens (tertiary/aromatic N) is 1. The third-order valence-corrected chi connectivity index (χ3v) is 4.66. The summed E-state index contributed by atoms with van der Waals surface area (Å²) < 4.78 is 17.1. The molecule has 2 fully saturated rings. The molecule has 126 valence electrons. The molecule has 6 nitrogen and oxygen atoms in total. The molecule has 1 N–H and O–H groups in total. The Bertz CT molecular complexity index is 340. The maximum atomic E-state index is 5.90. The fraction of sp³-hybridized carbons (Fsp3) is 1.00. The van der Waals surface area contributed by atoms with Crippen molar-refractivity contribution in [3.63, 3.8) is 0 Å². The lowest BCUT2D eigenvalue weighted by molar-refractivity contribution is -0.175. The number of hydrogen-bond donors (Lipinski definition) is 1. The second-order valence-corrected chi connectivity index (χ2v) is 6.66. The molecule has 2 heterocycles. The van der Waals surface area contributed by atoms with Crippen LogP contribution in [0.25, 0.3) is 0 Å². The molecular formula is C14H30B2N2O4. The highest BCUT2D eigenvalue weighted by Crippen LogP contribution is 2.26. The average Bonchev–Trinajstić information content (AvgIpc) is 3.00. The Morgan fingerprint density at radius 3 is 2.50 bits per heavy atom. The molecule has 0 aliphatic carbocycles. The lowest BCUT2D eigenvalue weighted by atomic mass is 9.91. The topological polar surface area (TPSA) is 52.2 Å². The zero-order valence-corrected chi connectivity index (χ0v) is 14.6. The van der Waals surface area contributed by atoms with E-state index in [0.717, 1.165) is 19.4 Å². The van der Waals surface area contributed by atoms with E-state index in [1.54, 1.807) is 7.11 Å². The molecule has 8 heteroatoms.